The van der Waals surface area contributed by atoms with Gasteiger partial charge in [-0.15, -0.1) is 0 Å². The van der Waals surface area contributed by atoms with Crippen LogP contribution in [0.5, 0.6) is 5.75 Å². The number of ether oxygens (including phenoxy) is 1. The molecule has 2 aromatic carbocycles. The lowest BCUT2D eigenvalue weighted by atomic mass is 10.1. The molecule has 0 bridgehead atoms. The number of nitrogens with one attached hydrogen (secondary N) is 1. The highest BCUT2D eigenvalue weighted by Gasteiger charge is 2.27. The molecule has 6 heteroatoms. The Bertz CT molecular complexity index is 1060. The number of carbonyl (C=O) groups excluding carboxylic acids is 1. The largest absolute Gasteiger partial charge is 0.497 e. The van der Waals surface area contributed by atoms with E-state index in [9.17, 15) is 9.59 Å². The van der Waals surface area contributed by atoms with Crippen molar-refractivity contribution in [3.63, 3.8) is 0 Å². The van der Waals surface area contributed by atoms with E-state index < -0.39 is 6.04 Å². The van der Waals surface area contributed by atoms with Crippen LogP contribution in [0.3, 0.4) is 0 Å². The summed E-state index contributed by atoms with van der Waals surface area (Å²) in [5.74, 6) is 0.479. The summed E-state index contributed by atoms with van der Waals surface area (Å²) in [4.78, 5) is 25.2. The maximum atomic E-state index is 12.7. The number of hydrogen-bond acceptors (Lipinski definition) is 4. The van der Waals surface area contributed by atoms with Crippen molar-refractivity contribution in [2.45, 2.75) is 18.9 Å². The Balaban J connectivity index is 1.71. The molecule has 0 aliphatic carbocycles. The number of anilines is 1. The van der Waals surface area contributed by atoms with Crippen LogP contribution in [-0.4, -0.2) is 22.8 Å². The maximum absolute atomic E-state index is 12.7. The van der Waals surface area contributed by atoms with E-state index in [1.54, 1.807) is 13.2 Å². The Morgan fingerprint density at radius 1 is 1.07 bits per heavy atom. The summed E-state index contributed by atoms with van der Waals surface area (Å²) >= 11 is 0. The fraction of sp³-hybridized carbons (Fsp3) is 0.190. The van der Waals surface area contributed by atoms with E-state index in [0.717, 1.165) is 16.8 Å². The molecule has 4 rings (SSSR count). The van der Waals surface area contributed by atoms with Crippen molar-refractivity contribution in [1.29, 1.82) is 0 Å². The molecule has 0 saturated heterocycles. The van der Waals surface area contributed by atoms with Gasteiger partial charge in [-0.3, -0.25) is 9.59 Å². The Hall–Kier alpha value is -3.41. The monoisotopic (exact) mass is 361 g/mol. The third kappa shape index (κ3) is 3.33. The first kappa shape index (κ1) is 17.0. The third-order valence-electron chi connectivity index (χ3n) is 4.75. The number of rotatable bonds is 3. The molecule has 1 aliphatic rings. The first-order valence-corrected chi connectivity index (χ1v) is 8.79. The second-order valence-corrected chi connectivity index (χ2v) is 6.43. The van der Waals surface area contributed by atoms with Gasteiger partial charge < -0.3 is 10.1 Å². The van der Waals surface area contributed by atoms with Crippen LogP contribution in [0.2, 0.25) is 0 Å². The van der Waals surface area contributed by atoms with E-state index in [2.05, 4.69) is 10.4 Å². The standard InChI is InChI=1S/C21H19N3O3/c1-27-16-7-4-6-15(13-16)18-10-12-20(25)24(23-18)19-11-9-14-5-2-3-8-17(14)22-21(19)26/h2-8,10,12-13,19H,9,11H2,1H3,(H,22,26). The van der Waals surface area contributed by atoms with Crippen LogP contribution in [0.25, 0.3) is 11.3 Å². The minimum atomic E-state index is -0.657. The Morgan fingerprint density at radius 2 is 1.93 bits per heavy atom. The zero-order chi connectivity index (χ0) is 18.8. The minimum Gasteiger partial charge on any atom is -0.497 e. The Kier molecular flexibility index (Phi) is 4.46. The van der Waals surface area contributed by atoms with Crippen LogP contribution in [0, 0.1) is 0 Å². The molecule has 1 unspecified atom stereocenters. The lowest BCUT2D eigenvalue weighted by molar-refractivity contribution is -0.119. The second-order valence-electron chi connectivity index (χ2n) is 6.43. The van der Waals surface area contributed by atoms with Crippen molar-refractivity contribution in [3.05, 3.63) is 76.6 Å². The van der Waals surface area contributed by atoms with E-state index in [-0.39, 0.29) is 11.5 Å². The van der Waals surface area contributed by atoms with Gasteiger partial charge in [0, 0.05) is 17.3 Å². The summed E-state index contributed by atoms with van der Waals surface area (Å²) in [6.07, 6.45) is 1.20. The molecule has 136 valence electrons. The number of para-hydroxylation sites is 1. The van der Waals surface area contributed by atoms with E-state index in [4.69, 9.17) is 4.74 Å². The quantitative estimate of drug-likeness (QED) is 0.778. The predicted octanol–water partition coefficient (Wildman–Crippen LogP) is 3.04. The fourth-order valence-electron chi connectivity index (χ4n) is 3.32. The molecule has 0 fully saturated rings. The van der Waals surface area contributed by atoms with Crippen molar-refractivity contribution in [2.24, 2.45) is 0 Å². The molecular weight excluding hydrogens is 342 g/mol. The van der Waals surface area contributed by atoms with Gasteiger partial charge in [-0.25, -0.2) is 4.68 Å². The van der Waals surface area contributed by atoms with Crippen LogP contribution < -0.4 is 15.6 Å². The highest BCUT2D eigenvalue weighted by atomic mass is 16.5. The molecule has 1 aliphatic heterocycles. The second kappa shape index (κ2) is 7.07. The number of methoxy groups -OCH3 is 1. The molecule has 1 aromatic heterocycles. The van der Waals surface area contributed by atoms with Gasteiger partial charge in [-0.05, 0) is 42.7 Å². The molecule has 0 spiro atoms. The van der Waals surface area contributed by atoms with Gasteiger partial charge in [-0.2, -0.15) is 5.10 Å². The molecule has 1 N–H and O–H groups in total. The lowest BCUT2D eigenvalue weighted by Gasteiger charge is -2.16. The first-order chi connectivity index (χ1) is 13.2. The number of aromatic nitrogens is 2. The number of carbonyl (C=O) groups is 1. The van der Waals surface area contributed by atoms with Crippen LogP contribution in [0.15, 0.2) is 65.5 Å². The number of fused-ring (bicyclic) bond motifs is 1. The van der Waals surface area contributed by atoms with Crippen molar-refractivity contribution < 1.29 is 9.53 Å². The highest BCUT2D eigenvalue weighted by molar-refractivity contribution is 5.95. The van der Waals surface area contributed by atoms with Gasteiger partial charge in [0.1, 0.15) is 11.8 Å². The summed E-state index contributed by atoms with van der Waals surface area (Å²) in [5.41, 5.74) is 2.99. The SMILES string of the molecule is COc1cccc(-c2ccc(=O)n(C3CCc4ccccc4NC3=O)n2)c1. The number of amides is 1. The number of aryl methyl sites for hydroxylation is 1. The fourth-order valence-corrected chi connectivity index (χ4v) is 3.32. The van der Waals surface area contributed by atoms with Crippen molar-refractivity contribution in [1.82, 2.24) is 9.78 Å². The van der Waals surface area contributed by atoms with Crippen LogP contribution in [-0.2, 0) is 11.2 Å². The van der Waals surface area contributed by atoms with Gasteiger partial charge in [-0.1, -0.05) is 30.3 Å². The van der Waals surface area contributed by atoms with E-state index in [1.165, 1.54) is 10.7 Å². The number of nitrogens with zero attached hydrogens (tertiary/aromatic N) is 2. The molecule has 2 heterocycles. The summed E-state index contributed by atoms with van der Waals surface area (Å²) < 4.78 is 6.54. The maximum Gasteiger partial charge on any atom is 0.267 e. The molecule has 1 atom stereocenters. The molecular formula is C21H19N3O3. The average molecular weight is 361 g/mol. The molecule has 1 amide bonds. The summed E-state index contributed by atoms with van der Waals surface area (Å²) in [7, 11) is 1.60. The van der Waals surface area contributed by atoms with Crippen molar-refractivity contribution in [2.75, 3.05) is 12.4 Å². The smallest absolute Gasteiger partial charge is 0.267 e. The molecule has 27 heavy (non-hydrogen) atoms. The van der Waals surface area contributed by atoms with Gasteiger partial charge in [0.15, 0.2) is 0 Å². The predicted molar refractivity (Wildman–Crippen MR) is 103 cm³/mol. The molecule has 6 nitrogen and oxygen atoms in total. The normalized spacial score (nSPS) is 16.2. The molecule has 0 radical (unpaired) electrons. The van der Waals surface area contributed by atoms with Crippen LogP contribution >= 0.6 is 0 Å². The first-order valence-electron chi connectivity index (χ1n) is 8.79. The summed E-state index contributed by atoms with van der Waals surface area (Å²) in [6.45, 7) is 0. The van der Waals surface area contributed by atoms with E-state index in [1.807, 2.05) is 48.5 Å². The van der Waals surface area contributed by atoms with E-state index >= 15 is 0 Å². The topological polar surface area (TPSA) is 73.2 Å². The number of benzene rings is 2. The Labute approximate surface area is 156 Å². The average Bonchev–Trinajstić information content (AvgIpc) is 2.86. The van der Waals surface area contributed by atoms with E-state index in [0.29, 0.717) is 24.3 Å². The molecule has 3 aromatic rings. The van der Waals surface area contributed by atoms with Crippen molar-refractivity contribution >= 4 is 11.6 Å². The van der Waals surface area contributed by atoms with Crippen LogP contribution in [0.4, 0.5) is 5.69 Å². The van der Waals surface area contributed by atoms with Gasteiger partial charge in [0.25, 0.3) is 5.56 Å². The minimum absolute atomic E-state index is 0.225. The van der Waals surface area contributed by atoms with Crippen LogP contribution in [0.1, 0.15) is 18.0 Å². The third-order valence-corrected chi connectivity index (χ3v) is 4.75. The molecule has 0 saturated carbocycles. The zero-order valence-corrected chi connectivity index (χ0v) is 14.9. The Morgan fingerprint density at radius 3 is 2.78 bits per heavy atom. The van der Waals surface area contributed by atoms with Gasteiger partial charge in [0.05, 0.1) is 12.8 Å². The van der Waals surface area contributed by atoms with Crippen molar-refractivity contribution in [3.8, 4) is 17.0 Å². The number of hydrogen-bond donors (Lipinski definition) is 1. The highest BCUT2D eigenvalue weighted by Crippen LogP contribution is 2.27. The summed E-state index contributed by atoms with van der Waals surface area (Å²) in [5, 5.41) is 7.40. The lowest BCUT2D eigenvalue weighted by Crippen LogP contribution is -2.34. The van der Waals surface area contributed by atoms with Gasteiger partial charge in [0.2, 0.25) is 5.91 Å². The summed E-state index contributed by atoms with van der Waals surface area (Å²) in [6, 6.07) is 17.6. The van der Waals surface area contributed by atoms with Gasteiger partial charge >= 0.3 is 0 Å². The zero-order valence-electron chi connectivity index (χ0n) is 14.9.